The van der Waals surface area contributed by atoms with Gasteiger partial charge in [-0.2, -0.15) is 0 Å². The molecule has 0 aromatic heterocycles. The van der Waals surface area contributed by atoms with Gasteiger partial charge < -0.3 is 15.0 Å². The van der Waals surface area contributed by atoms with Crippen molar-refractivity contribution in [2.45, 2.75) is 76.7 Å². The lowest BCUT2D eigenvalue weighted by molar-refractivity contribution is -0.132. The Hall–Kier alpha value is -2.04. The number of para-hydroxylation sites is 1. The largest absolute Gasteiger partial charge is 0.494 e. The number of rotatable bonds is 9. The molecule has 0 atom stereocenters. The third kappa shape index (κ3) is 7.71. The fourth-order valence-corrected chi connectivity index (χ4v) is 4.47. The van der Waals surface area contributed by atoms with Crippen molar-refractivity contribution in [1.29, 1.82) is 0 Å². The van der Waals surface area contributed by atoms with Gasteiger partial charge >= 0.3 is 0 Å². The van der Waals surface area contributed by atoms with Crippen molar-refractivity contribution in [3.05, 3.63) is 30.3 Å². The molecular formula is C24H36N2O3. The minimum Gasteiger partial charge on any atom is -0.494 e. The smallest absolute Gasteiger partial charge is 0.222 e. The highest BCUT2D eigenvalue weighted by Crippen LogP contribution is 2.27. The Kier molecular flexibility index (Phi) is 8.84. The molecule has 0 unspecified atom stereocenters. The molecule has 2 aliphatic rings. The minimum absolute atomic E-state index is 0.193. The van der Waals surface area contributed by atoms with E-state index >= 15 is 0 Å². The van der Waals surface area contributed by atoms with Crippen LogP contribution in [0.25, 0.3) is 0 Å². The number of hydrogen-bond acceptors (Lipinski definition) is 3. The van der Waals surface area contributed by atoms with Crippen LogP contribution in [0.2, 0.25) is 0 Å². The molecule has 0 spiro atoms. The summed E-state index contributed by atoms with van der Waals surface area (Å²) >= 11 is 0. The first-order chi connectivity index (χ1) is 14.2. The number of hydrogen-bond donors (Lipinski definition) is 1. The van der Waals surface area contributed by atoms with Gasteiger partial charge in [-0.05, 0) is 43.7 Å². The molecule has 2 amide bonds. The van der Waals surface area contributed by atoms with E-state index < -0.39 is 0 Å². The predicted molar refractivity (Wildman–Crippen MR) is 115 cm³/mol. The molecule has 1 aliphatic carbocycles. The van der Waals surface area contributed by atoms with Crippen LogP contribution in [0.15, 0.2) is 30.3 Å². The van der Waals surface area contributed by atoms with E-state index in [4.69, 9.17) is 4.74 Å². The van der Waals surface area contributed by atoms with E-state index in [1.807, 2.05) is 35.2 Å². The predicted octanol–water partition coefficient (Wildman–Crippen LogP) is 4.31. The van der Waals surface area contributed by atoms with Gasteiger partial charge in [-0.1, -0.05) is 50.3 Å². The average molecular weight is 401 g/mol. The van der Waals surface area contributed by atoms with Gasteiger partial charge in [-0.15, -0.1) is 0 Å². The molecule has 29 heavy (non-hydrogen) atoms. The first-order valence-electron chi connectivity index (χ1n) is 11.5. The van der Waals surface area contributed by atoms with Crippen molar-refractivity contribution in [3.63, 3.8) is 0 Å². The third-order valence-corrected chi connectivity index (χ3v) is 6.26. The molecule has 1 saturated heterocycles. The van der Waals surface area contributed by atoms with Crippen LogP contribution in [0.1, 0.15) is 70.6 Å². The number of likely N-dealkylation sites (tertiary alicyclic amines) is 1. The average Bonchev–Trinajstić information content (AvgIpc) is 2.77. The fourth-order valence-electron chi connectivity index (χ4n) is 4.47. The highest BCUT2D eigenvalue weighted by Gasteiger charge is 2.24. The van der Waals surface area contributed by atoms with Gasteiger partial charge in [0.25, 0.3) is 0 Å². The standard InChI is InChI=1S/C24H36N2O3/c27-23(14-13-20-8-3-1-4-9-20)25-21-15-17-26(18-16-21)24(28)12-7-19-29-22-10-5-2-6-11-22/h2,5-6,10-11,20-21H,1,3-4,7-9,12-19H2,(H,25,27). The molecule has 2 fully saturated rings. The second-order valence-electron chi connectivity index (χ2n) is 8.53. The lowest BCUT2D eigenvalue weighted by atomic mass is 9.86. The number of carbonyl (C=O) groups is 2. The molecule has 1 aromatic carbocycles. The van der Waals surface area contributed by atoms with E-state index in [1.165, 1.54) is 32.1 Å². The van der Waals surface area contributed by atoms with Crippen LogP contribution in [0, 0.1) is 5.92 Å². The molecule has 3 rings (SSSR count). The molecule has 1 saturated carbocycles. The van der Waals surface area contributed by atoms with Crippen molar-refractivity contribution in [2.75, 3.05) is 19.7 Å². The number of ether oxygens (including phenoxy) is 1. The van der Waals surface area contributed by atoms with Crippen molar-refractivity contribution < 1.29 is 14.3 Å². The maximum atomic E-state index is 12.4. The number of piperidine rings is 1. The van der Waals surface area contributed by atoms with E-state index in [0.717, 1.165) is 50.4 Å². The molecular weight excluding hydrogens is 364 g/mol. The van der Waals surface area contributed by atoms with E-state index in [1.54, 1.807) is 0 Å². The Morgan fingerprint density at radius 2 is 1.69 bits per heavy atom. The molecule has 1 aliphatic heterocycles. The van der Waals surface area contributed by atoms with E-state index in [9.17, 15) is 9.59 Å². The molecule has 5 heteroatoms. The second kappa shape index (κ2) is 11.8. The van der Waals surface area contributed by atoms with Gasteiger partial charge in [0.15, 0.2) is 0 Å². The summed E-state index contributed by atoms with van der Waals surface area (Å²) in [6, 6.07) is 9.92. The molecule has 5 nitrogen and oxygen atoms in total. The van der Waals surface area contributed by atoms with Gasteiger partial charge in [-0.25, -0.2) is 0 Å². The molecule has 160 valence electrons. The molecule has 0 bridgehead atoms. The topological polar surface area (TPSA) is 58.6 Å². The number of nitrogens with zero attached hydrogens (tertiary/aromatic N) is 1. The monoisotopic (exact) mass is 400 g/mol. The lowest BCUT2D eigenvalue weighted by Gasteiger charge is -2.32. The number of carbonyl (C=O) groups excluding carboxylic acids is 2. The zero-order chi connectivity index (χ0) is 20.3. The van der Waals surface area contributed by atoms with Crippen LogP contribution >= 0.6 is 0 Å². The Bertz CT molecular complexity index is 620. The van der Waals surface area contributed by atoms with Gasteiger partial charge in [0, 0.05) is 32.0 Å². The quantitative estimate of drug-likeness (QED) is 0.628. The van der Waals surface area contributed by atoms with Crippen molar-refractivity contribution in [1.82, 2.24) is 10.2 Å². The summed E-state index contributed by atoms with van der Waals surface area (Å²) in [4.78, 5) is 26.6. The number of benzene rings is 1. The van der Waals surface area contributed by atoms with Crippen molar-refractivity contribution >= 4 is 11.8 Å². The summed E-state index contributed by atoms with van der Waals surface area (Å²) in [5.41, 5.74) is 0. The van der Waals surface area contributed by atoms with Crippen LogP contribution < -0.4 is 10.1 Å². The zero-order valence-corrected chi connectivity index (χ0v) is 17.6. The maximum absolute atomic E-state index is 12.4. The first kappa shape index (κ1) is 21.7. The minimum atomic E-state index is 0.193. The normalized spacial score (nSPS) is 18.4. The third-order valence-electron chi connectivity index (χ3n) is 6.26. The summed E-state index contributed by atoms with van der Waals surface area (Å²) in [6.45, 7) is 2.04. The summed E-state index contributed by atoms with van der Waals surface area (Å²) in [6.07, 6.45) is 11.3. The van der Waals surface area contributed by atoms with Gasteiger partial charge in [0.2, 0.25) is 11.8 Å². The molecule has 1 heterocycles. The summed E-state index contributed by atoms with van der Waals surface area (Å²) < 4.78 is 5.65. The summed E-state index contributed by atoms with van der Waals surface area (Å²) in [5, 5.41) is 3.19. The van der Waals surface area contributed by atoms with E-state index in [2.05, 4.69) is 5.32 Å². The Morgan fingerprint density at radius 1 is 0.966 bits per heavy atom. The number of nitrogens with one attached hydrogen (secondary N) is 1. The summed E-state index contributed by atoms with van der Waals surface area (Å²) in [5.74, 6) is 1.99. The SMILES string of the molecule is O=C(CCC1CCCCC1)NC1CCN(C(=O)CCCOc2ccccc2)CC1. The fraction of sp³-hybridized carbons (Fsp3) is 0.667. The number of amides is 2. The van der Waals surface area contributed by atoms with Crippen LogP contribution in [0.5, 0.6) is 5.75 Å². The Balaban J connectivity index is 1.25. The second-order valence-corrected chi connectivity index (χ2v) is 8.53. The summed E-state index contributed by atoms with van der Waals surface area (Å²) in [7, 11) is 0. The molecule has 1 aromatic rings. The van der Waals surface area contributed by atoms with Crippen molar-refractivity contribution in [2.24, 2.45) is 5.92 Å². The van der Waals surface area contributed by atoms with Gasteiger partial charge in [0.05, 0.1) is 6.61 Å². The van der Waals surface area contributed by atoms with Crippen LogP contribution in [-0.2, 0) is 9.59 Å². The van der Waals surface area contributed by atoms with Crippen LogP contribution in [0.4, 0.5) is 0 Å². The maximum Gasteiger partial charge on any atom is 0.222 e. The lowest BCUT2D eigenvalue weighted by Crippen LogP contribution is -2.46. The van der Waals surface area contributed by atoms with E-state index in [0.29, 0.717) is 19.4 Å². The van der Waals surface area contributed by atoms with Gasteiger partial charge in [0.1, 0.15) is 5.75 Å². The zero-order valence-electron chi connectivity index (χ0n) is 17.6. The van der Waals surface area contributed by atoms with E-state index in [-0.39, 0.29) is 17.9 Å². The highest BCUT2D eigenvalue weighted by atomic mass is 16.5. The van der Waals surface area contributed by atoms with Gasteiger partial charge in [-0.3, -0.25) is 9.59 Å². The van der Waals surface area contributed by atoms with Crippen LogP contribution in [0.3, 0.4) is 0 Å². The van der Waals surface area contributed by atoms with Crippen LogP contribution in [-0.4, -0.2) is 42.5 Å². The molecule has 0 radical (unpaired) electrons. The highest BCUT2D eigenvalue weighted by molar-refractivity contribution is 5.77. The molecule has 1 N–H and O–H groups in total. The Labute approximate surface area is 175 Å². The Morgan fingerprint density at radius 3 is 2.41 bits per heavy atom. The first-order valence-corrected chi connectivity index (χ1v) is 11.5. The van der Waals surface area contributed by atoms with Crippen molar-refractivity contribution in [3.8, 4) is 5.75 Å².